The van der Waals surface area contributed by atoms with Gasteiger partial charge in [0, 0.05) is 50.3 Å². The molecule has 0 saturated carbocycles. The first-order chi connectivity index (χ1) is 2.00. The third-order valence-electron chi connectivity index (χ3n) is 0. The molecule has 7 heavy (non-hydrogen) atoms. The molecule has 0 aromatic carbocycles. The Kier molecular flexibility index (Phi) is 11.9. The second-order valence-electron chi connectivity index (χ2n) is 0.408. The second kappa shape index (κ2) is 5.29. The van der Waals surface area contributed by atoms with Crippen LogP contribution in [0.1, 0.15) is 0 Å². The number of hydrogen-bond donors (Lipinski definition) is 1. The molecule has 0 atom stereocenters. The molecule has 44 valence electrons. The van der Waals surface area contributed by atoms with Gasteiger partial charge < -0.3 is 15.3 Å². The number of hydrogen-bond acceptors (Lipinski definition) is 4. The van der Waals surface area contributed by atoms with Crippen molar-refractivity contribution < 1.29 is 57.5 Å². The second-order valence-corrected chi connectivity index (χ2v) is 1.22. The molecule has 0 aliphatic rings. The molecule has 0 heterocycles. The van der Waals surface area contributed by atoms with Crippen molar-refractivity contribution in [2.24, 2.45) is 0 Å². The SMILES string of the molecule is O=S(=O)([O-])[O-].[NH4+].[Th]. The summed E-state index contributed by atoms with van der Waals surface area (Å²) in [6, 6.07) is 0. The summed E-state index contributed by atoms with van der Waals surface area (Å²) in [4.78, 5) is 0. The molecule has 0 spiro atoms. The Labute approximate surface area is 73.3 Å². The quantitative estimate of drug-likeness (QED) is 0.449. The van der Waals surface area contributed by atoms with Crippen molar-refractivity contribution in [3.8, 4) is 0 Å². The third-order valence-corrected chi connectivity index (χ3v) is 0. The predicted molar refractivity (Wildman–Crippen MR) is 16.5 cm³/mol. The maximum Gasteiger partial charge on any atom is 0.0311 e. The Morgan fingerprint density at radius 1 is 1.14 bits per heavy atom. The van der Waals surface area contributed by atoms with Gasteiger partial charge in [0.15, 0.2) is 0 Å². The van der Waals surface area contributed by atoms with Crippen molar-refractivity contribution in [3.05, 3.63) is 0 Å². The summed E-state index contributed by atoms with van der Waals surface area (Å²) in [6.45, 7) is 0. The van der Waals surface area contributed by atoms with Gasteiger partial charge in [-0.1, -0.05) is 0 Å². The van der Waals surface area contributed by atoms with Gasteiger partial charge in [-0.15, -0.1) is 0 Å². The predicted octanol–water partition coefficient (Wildman–Crippen LogP) is -0.962. The van der Waals surface area contributed by atoms with Crippen molar-refractivity contribution in [2.75, 3.05) is 0 Å². The number of quaternary nitrogens is 1. The number of rotatable bonds is 0. The van der Waals surface area contributed by atoms with E-state index < -0.39 is 10.4 Å². The van der Waals surface area contributed by atoms with Crippen LogP contribution in [0, 0.1) is 39.9 Å². The van der Waals surface area contributed by atoms with Gasteiger partial charge in [-0.2, -0.15) is 0 Å². The summed E-state index contributed by atoms with van der Waals surface area (Å²) in [5.41, 5.74) is 0. The molecule has 0 aromatic rings. The van der Waals surface area contributed by atoms with E-state index in [4.69, 9.17) is 17.5 Å². The van der Waals surface area contributed by atoms with Crippen molar-refractivity contribution >= 4 is 10.4 Å². The third kappa shape index (κ3) is 143. The van der Waals surface area contributed by atoms with Gasteiger partial charge >= 0.3 is 0 Å². The van der Waals surface area contributed by atoms with Gasteiger partial charge in [-0.05, 0) is 0 Å². The molecule has 0 saturated heterocycles. The Bertz CT molecular complexity index is 94.9. The van der Waals surface area contributed by atoms with Crippen LogP contribution >= 0.6 is 0 Å². The van der Waals surface area contributed by atoms with E-state index in [2.05, 4.69) is 0 Å². The van der Waals surface area contributed by atoms with Crippen LogP contribution in [-0.4, -0.2) is 17.5 Å². The van der Waals surface area contributed by atoms with Gasteiger partial charge in [-0.25, -0.2) is 0 Å². The van der Waals surface area contributed by atoms with Crippen molar-refractivity contribution in [3.63, 3.8) is 0 Å². The smallest absolute Gasteiger partial charge is 0.0311 e. The molecular weight excluding hydrogens is 342 g/mol. The van der Waals surface area contributed by atoms with Crippen LogP contribution in [0.25, 0.3) is 0 Å². The Balaban J connectivity index is -0.0000000800. The summed E-state index contributed by atoms with van der Waals surface area (Å²) in [7, 11) is -5.17. The van der Waals surface area contributed by atoms with Crippen LogP contribution in [-0.2, 0) is 10.4 Å². The zero-order valence-electron chi connectivity index (χ0n) is 3.54. The fraction of sp³-hybridized carbons (Fsp3) is 0. The molecule has 5 nitrogen and oxygen atoms in total. The monoisotopic (exact) mass is 346 g/mol. The largest absolute Gasteiger partial charge is 0.759 e. The van der Waals surface area contributed by atoms with Crippen LogP contribution in [0.3, 0.4) is 0 Å². The molecule has 0 amide bonds. The van der Waals surface area contributed by atoms with E-state index >= 15 is 0 Å². The van der Waals surface area contributed by atoms with Crippen LogP contribution in [0.15, 0.2) is 0 Å². The summed E-state index contributed by atoms with van der Waals surface area (Å²) in [5, 5.41) is 0. The van der Waals surface area contributed by atoms with Gasteiger partial charge in [-0.3, -0.25) is 8.42 Å². The standard InChI is InChI=1S/H3N.H2O4S.Th/c;1-5(2,3)4;/h1H3;(H2,1,2,3,4);/p-1. The minimum Gasteiger partial charge on any atom is -0.759 e. The Morgan fingerprint density at radius 3 is 1.14 bits per heavy atom. The van der Waals surface area contributed by atoms with E-state index in [0.717, 1.165) is 0 Å². The van der Waals surface area contributed by atoms with Crippen LogP contribution in [0.2, 0.25) is 0 Å². The molecule has 0 bridgehead atoms. The molecule has 0 aromatic heterocycles. The Morgan fingerprint density at radius 2 is 1.14 bits per heavy atom. The molecule has 0 rings (SSSR count). The first-order valence-corrected chi connectivity index (χ1v) is 2.00. The molecule has 0 aliphatic heterocycles. The first kappa shape index (κ1) is 15.7. The van der Waals surface area contributed by atoms with E-state index in [1.54, 1.807) is 0 Å². The van der Waals surface area contributed by atoms with Crippen LogP contribution in [0.4, 0.5) is 0 Å². The maximum absolute atomic E-state index is 8.52. The van der Waals surface area contributed by atoms with Gasteiger partial charge in [0.1, 0.15) is 0 Å². The zero-order valence-corrected chi connectivity index (χ0v) is 8.47. The molecule has 0 fully saturated rings. The van der Waals surface area contributed by atoms with Gasteiger partial charge in [0.05, 0.1) is 0 Å². The van der Waals surface area contributed by atoms with Crippen molar-refractivity contribution in [1.29, 1.82) is 0 Å². The summed E-state index contributed by atoms with van der Waals surface area (Å²) >= 11 is 0. The molecule has 4 N–H and O–H groups in total. The minimum atomic E-state index is -5.17. The maximum atomic E-state index is 8.52. The average molecular weight is 346 g/mol. The molecular formula is H4NO4STh-. The van der Waals surface area contributed by atoms with Crippen LogP contribution in [0.5, 0.6) is 0 Å². The average Bonchev–Trinajstić information content (AvgIpc) is 0.722. The topological polar surface area (TPSA) is 117 Å². The zero-order chi connectivity index (χ0) is 4.50. The fourth-order valence-electron chi connectivity index (χ4n) is 0. The fourth-order valence-corrected chi connectivity index (χ4v) is 0. The summed E-state index contributed by atoms with van der Waals surface area (Å²) in [5.74, 6) is 0. The molecule has 0 aliphatic carbocycles. The molecule has 0 radical (unpaired) electrons. The normalized spacial score (nSPS) is 8.29. The van der Waals surface area contributed by atoms with E-state index in [-0.39, 0.29) is 46.1 Å². The van der Waals surface area contributed by atoms with Gasteiger partial charge in [0.2, 0.25) is 0 Å². The summed E-state index contributed by atoms with van der Waals surface area (Å²) < 4.78 is 34.1. The van der Waals surface area contributed by atoms with Crippen molar-refractivity contribution in [1.82, 2.24) is 6.15 Å². The van der Waals surface area contributed by atoms with E-state index in [1.807, 2.05) is 0 Å². The van der Waals surface area contributed by atoms with E-state index in [9.17, 15) is 0 Å². The Hall–Kier alpha value is 1.15. The summed E-state index contributed by atoms with van der Waals surface area (Å²) in [6.07, 6.45) is 0. The van der Waals surface area contributed by atoms with Gasteiger partial charge in [0.25, 0.3) is 0 Å². The minimum absolute atomic E-state index is 0. The molecule has 0 unspecified atom stereocenters. The van der Waals surface area contributed by atoms with E-state index in [1.165, 1.54) is 0 Å². The molecule has 7 heteroatoms. The first-order valence-electron chi connectivity index (χ1n) is 0.667. The van der Waals surface area contributed by atoms with E-state index in [0.29, 0.717) is 0 Å². The van der Waals surface area contributed by atoms with Crippen molar-refractivity contribution in [2.45, 2.75) is 0 Å². The van der Waals surface area contributed by atoms with Crippen LogP contribution < -0.4 is 6.15 Å².